The van der Waals surface area contributed by atoms with E-state index in [0.717, 1.165) is 29.5 Å². The van der Waals surface area contributed by atoms with Gasteiger partial charge in [-0.3, -0.25) is 0 Å². The van der Waals surface area contributed by atoms with Gasteiger partial charge in [-0.25, -0.2) is 4.98 Å². The minimum Gasteiger partial charge on any atom is -0.495 e. The summed E-state index contributed by atoms with van der Waals surface area (Å²) < 4.78 is 5.38. The van der Waals surface area contributed by atoms with Crippen molar-refractivity contribution in [2.75, 3.05) is 26.5 Å². The molecule has 19 heavy (non-hydrogen) atoms. The molecule has 2 aromatic rings. The van der Waals surface area contributed by atoms with Crippen molar-refractivity contribution >= 4 is 17.0 Å². The van der Waals surface area contributed by atoms with E-state index >= 15 is 0 Å². The highest BCUT2D eigenvalue weighted by Crippen LogP contribution is 2.26. The Bertz CT molecular complexity index is 511. The largest absolute Gasteiger partial charge is 0.495 e. The Morgan fingerprint density at radius 3 is 2.84 bits per heavy atom. The third-order valence-electron chi connectivity index (χ3n) is 2.68. The summed E-state index contributed by atoms with van der Waals surface area (Å²) in [6.07, 6.45) is 1.82. The fraction of sp³-hybridized carbons (Fsp3) is 0.357. The number of aromatic nitrogens is 1. The predicted molar refractivity (Wildman–Crippen MR) is 79.8 cm³/mol. The van der Waals surface area contributed by atoms with Crippen LogP contribution in [0.1, 0.15) is 10.6 Å². The van der Waals surface area contributed by atoms with Gasteiger partial charge in [0, 0.05) is 18.1 Å². The zero-order valence-electron chi connectivity index (χ0n) is 11.5. The van der Waals surface area contributed by atoms with Gasteiger partial charge in [-0.15, -0.1) is 11.3 Å². The summed E-state index contributed by atoms with van der Waals surface area (Å²) in [5, 5.41) is 6.44. The number of benzene rings is 1. The van der Waals surface area contributed by atoms with Crippen LogP contribution in [0.25, 0.3) is 0 Å². The summed E-state index contributed by atoms with van der Waals surface area (Å²) in [6.45, 7) is 1.63. The Morgan fingerprint density at radius 1 is 1.37 bits per heavy atom. The lowest BCUT2D eigenvalue weighted by molar-refractivity contribution is 0.400. The Kier molecular flexibility index (Phi) is 4.76. The summed E-state index contributed by atoms with van der Waals surface area (Å²) in [4.78, 5) is 6.41. The molecule has 4 nitrogen and oxygen atoms in total. The monoisotopic (exact) mass is 277 g/mol. The summed E-state index contributed by atoms with van der Waals surface area (Å²) in [5.41, 5.74) is 2.27. The number of nitrogens with one attached hydrogen (secondary N) is 1. The number of thiazole rings is 1. The quantitative estimate of drug-likeness (QED) is 0.881. The standard InChI is InChI=1S/C14H19N3OS/c1-17(2)10-11-4-5-13(18-3)12(8-11)16-9-14-15-6-7-19-14/h4-8,16H,9-10H2,1-3H3. The Morgan fingerprint density at radius 2 is 2.21 bits per heavy atom. The second-order valence-corrected chi connectivity index (χ2v) is 5.53. The molecule has 0 bridgehead atoms. The van der Waals surface area contributed by atoms with Crippen LogP contribution in [0.15, 0.2) is 29.8 Å². The molecule has 0 fully saturated rings. The van der Waals surface area contributed by atoms with Crippen molar-refractivity contribution in [2.45, 2.75) is 13.1 Å². The Labute approximate surface area is 118 Å². The van der Waals surface area contributed by atoms with Gasteiger partial charge in [-0.05, 0) is 31.8 Å². The van der Waals surface area contributed by atoms with E-state index in [1.807, 2.05) is 17.6 Å². The van der Waals surface area contributed by atoms with E-state index in [1.54, 1.807) is 18.4 Å². The second-order valence-electron chi connectivity index (χ2n) is 4.55. The first kappa shape index (κ1) is 13.8. The fourth-order valence-corrected chi connectivity index (χ4v) is 2.42. The lowest BCUT2D eigenvalue weighted by Crippen LogP contribution is -2.11. The topological polar surface area (TPSA) is 37.4 Å². The maximum Gasteiger partial charge on any atom is 0.141 e. The van der Waals surface area contributed by atoms with E-state index in [9.17, 15) is 0 Å². The van der Waals surface area contributed by atoms with Crippen molar-refractivity contribution in [1.82, 2.24) is 9.88 Å². The number of methoxy groups -OCH3 is 1. The highest BCUT2D eigenvalue weighted by atomic mass is 32.1. The number of nitrogens with zero attached hydrogens (tertiary/aromatic N) is 2. The summed E-state index contributed by atoms with van der Waals surface area (Å²) in [6, 6.07) is 6.23. The predicted octanol–water partition coefficient (Wildman–Crippen LogP) is 2.83. The van der Waals surface area contributed by atoms with Crippen LogP contribution in [-0.4, -0.2) is 31.1 Å². The molecule has 1 aromatic carbocycles. The van der Waals surface area contributed by atoms with E-state index in [-0.39, 0.29) is 0 Å². The molecule has 0 aliphatic carbocycles. The molecular weight excluding hydrogens is 258 g/mol. The molecule has 5 heteroatoms. The molecule has 102 valence electrons. The summed E-state index contributed by atoms with van der Waals surface area (Å²) in [7, 11) is 5.81. The van der Waals surface area contributed by atoms with Crippen LogP contribution in [0.4, 0.5) is 5.69 Å². The molecule has 0 radical (unpaired) electrons. The Hall–Kier alpha value is -1.59. The van der Waals surface area contributed by atoms with E-state index in [2.05, 4.69) is 41.4 Å². The molecule has 0 spiro atoms. The van der Waals surface area contributed by atoms with Crippen LogP contribution in [-0.2, 0) is 13.1 Å². The summed E-state index contributed by atoms with van der Waals surface area (Å²) >= 11 is 1.65. The molecule has 1 N–H and O–H groups in total. The van der Waals surface area contributed by atoms with Gasteiger partial charge in [0.2, 0.25) is 0 Å². The highest BCUT2D eigenvalue weighted by Gasteiger charge is 2.06. The average Bonchev–Trinajstić information content (AvgIpc) is 2.89. The molecule has 0 aliphatic heterocycles. The van der Waals surface area contributed by atoms with Crippen LogP contribution in [0.2, 0.25) is 0 Å². The molecule has 0 saturated carbocycles. The average molecular weight is 277 g/mol. The first-order valence-electron chi connectivity index (χ1n) is 6.13. The molecule has 0 atom stereocenters. The molecule has 1 aromatic heterocycles. The van der Waals surface area contributed by atoms with Crippen molar-refractivity contribution in [3.8, 4) is 5.75 Å². The van der Waals surface area contributed by atoms with E-state index in [1.165, 1.54) is 5.56 Å². The number of hydrogen-bond donors (Lipinski definition) is 1. The lowest BCUT2D eigenvalue weighted by Gasteiger charge is -2.14. The fourth-order valence-electron chi connectivity index (χ4n) is 1.87. The van der Waals surface area contributed by atoms with Gasteiger partial charge in [-0.2, -0.15) is 0 Å². The van der Waals surface area contributed by atoms with Gasteiger partial charge in [-0.1, -0.05) is 6.07 Å². The first-order chi connectivity index (χ1) is 9.19. The highest BCUT2D eigenvalue weighted by molar-refractivity contribution is 7.09. The first-order valence-corrected chi connectivity index (χ1v) is 7.01. The third-order valence-corrected chi connectivity index (χ3v) is 3.46. The molecule has 0 unspecified atom stereocenters. The minimum atomic E-state index is 0.722. The van der Waals surface area contributed by atoms with Crippen molar-refractivity contribution in [3.63, 3.8) is 0 Å². The molecule has 1 heterocycles. The zero-order chi connectivity index (χ0) is 13.7. The van der Waals surface area contributed by atoms with Gasteiger partial charge in [0.25, 0.3) is 0 Å². The lowest BCUT2D eigenvalue weighted by atomic mass is 10.1. The molecule has 0 saturated heterocycles. The van der Waals surface area contributed by atoms with Crippen LogP contribution in [0, 0.1) is 0 Å². The normalized spacial score (nSPS) is 10.7. The molecule has 0 amide bonds. The van der Waals surface area contributed by atoms with Gasteiger partial charge in [0.15, 0.2) is 0 Å². The van der Waals surface area contributed by atoms with E-state index < -0.39 is 0 Å². The SMILES string of the molecule is COc1ccc(CN(C)C)cc1NCc1nccs1. The maximum atomic E-state index is 5.38. The van der Waals surface area contributed by atoms with Crippen molar-refractivity contribution in [2.24, 2.45) is 0 Å². The number of anilines is 1. The maximum absolute atomic E-state index is 5.38. The Balaban J connectivity index is 2.11. The summed E-state index contributed by atoms with van der Waals surface area (Å²) in [5.74, 6) is 0.860. The molecule has 2 rings (SSSR count). The molecule has 0 aliphatic rings. The number of hydrogen-bond acceptors (Lipinski definition) is 5. The van der Waals surface area contributed by atoms with E-state index in [0.29, 0.717) is 0 Å². The zero-order valence-corrected chi connectivity index (χ0v) is 12.3. The van der Waals surface area contributed by atoms with Crippen LogP contribution in [0.3, 0.4) is 0 Å². The van der Waals surface area contributed by atoms with Gasteiger partial charge >= 0.3 is 0 Å². The van der Waals surface area contributed by atoms with Crippen LogP contribution in [0.5, 0.6) is 5.75 Å². The van der Waals surface area contributed by atoms with E-state index in [4.69, 9.17) is 4.74 Å². The third kappa shape index (κ3) is 3.94. The van der Waals surface area contributed by atoms with Crippen LogP contribution >= 0.6 is 11.3 Å². The van der Waals surface area contributed by atoms with Crippen molar-refractivity contribution in [1.29, 1.82) is 0 Å². The number of rotatable bonds is 6. The van der Waals surface area contributed by atoms with Crippen LogP contribution < -0.4 is 10.1 Å². The van der Waals surface area contributed by atoms with Gasteiger partial charge < -0.3 is 15.0 Å². The second kappa shape index (κ2) is 6.54. The van der Waals surface area contributed by atoms with Crippen molar-refractivity contribution < 1.29 is 4.74 Å². The van der Waals surface area contributed by atoms with Crippen molar-refractivity contribution in [3.05, 3.63) is 40.3 Å². The van der Waals surface area contributed by atoms with Gasteiger partial charge in [0.1, 0.15) is 10.8 Å². The minimum absolute atomic E-state index is 0.722. The number of ether oxygens (including phenoxy) is 1. The van der Waals surface area contributed by atoms with Gasteiger partial charge in [0.05, 0.1) is 19.3 Å². The molecular formula is C14H19N3OS. The smallest absolute Gasteiger partial charge is 0.141 e.